The van der Waals surface area contributed by atoms with Gasteiger partial charge in [-0.15, -0.1) is 0 Å². The van der Waals surface area contributed by atoms with Crippen molar-refractivity contribution in [3.05, 3.63) is 17.6 Å². The summed E-state index contributed by atoms with van der Waals surface area (Å²) in [5.74, 6) is 0.901. The molecule has 1 amide bonds. The van der Waals surface area contributed by atoms with E-state index >= 15 is 0 Å². The molecule has 1 saturated heterocycles. The molecule has 1 aliphatic heterocycles. The van der Waals surface area contributed by atoms with Gasteiger partial charge in [-0.2, -0.15) is 0 Å². The normalized spacial score (nSPS) is 18.1. The van der Waals surface area contributed by atoms with Crippen LogP contribution in [0.25, 0.3) is 10.3 Å². The van der Waals surface area contributed by atoms with Crippen molar-refractivity contribution < 1.29 is 14.3 Å². The van der Waals surface area contributed by atoms with E-state index in [1.54, 1.807) is 11.0 Å². The SMILES string of the molecule is CC(C)COC(=O)N1CC[C@H](Oc2ccc3n[c]sc3n2)C1. The summed E-state index contributed by atoms with van der Waals surface area (Å²) in [5.41, 5.74) is 3.63. The Balaban J connectivity index is 1.55. The molecule has 0 aromatic carbocycles. The average molecular weight is 320 g/mol. The van der Waals surface area contributed by atoms with Crippen molar-refractivity contribution in [2.75, 3.05) is 19.7 Å². The quantitative estimate of drug-likeness (QED) is 0.866. The van der Waals surface area contributed by atoms with E-state index in [0.29, 0.717) is 31.5 Å². The van der Waals surface area contributed by atoms with Gasteiger partial charge in [0.2, 0.25) is 5.88 Å². The van der Waals surface area contributed by atoms with Gasteiger partial charge < -0.3 is 14.4 Å². The Morgan fingerprint density at radius 1 is 1.55 bits per heavy atom. The van der Waals surface area contributed by atoms with Crippen LogP contribution in [0.15, 0.2) is 12.1 Å². The molecular formula is C15H18N3O3S. The van der Waals surface area contributed by atoms with Gasteiger partial charge in [0.1, 0.15) is 16.5 Å². The van der Waals surface area contributed by atoms with Crippen LogP contribution in [0.1, 0.15) is 20.3 Å². The fourth-order valence-corrected chi connectivity index (χ4v) is 2.83. The summed E-state index contributed by atoms with van der Waals surface area (Å²) >= 11 is 1.36. The molecule has 6 nitrogen and oxygen atoms in total. The lowest BCUT2D eigenvalue weighted by Crippen LogP contribution is -2.32. The predicted octanol–water partition coefficient (Wildman–Crippen LogP) is 2.74. The first-order valence-electron chi connectivity index (χ1n) is 7.34. The van der Waals surface area contributed by atoms with E-state index in [4.69, 9.17) is 9.47 Å². The summed E-state index contributed by atoms with van der Waals surface area (Å²) in [4.78, 5) is 22.9. The van der Waals surface area contributed by atoms with Gasteiger partial charge in [-0.1, -0.05) is 25.2 Å². The lowest BCUT2D eigenvalue weighted by Gasteiger charge is -2.17. The van der Waals surface area contributed by atoms with Crippen molar-refractivity contribution in [1.82, 2.24) is 14.9 Å². The summed E-state index contributed by atoms with van der Waals surface area (Å²) in [6, 6.07) is 3.67. The molecule has 0 saturated carbocycles. The number of ether oxygens (including phenoxy) is 2. The number of thiazole rings is 1. The Bertz CT molecular complexity index is 658. The Hall–Kier alpha value is -1.89. The van der Waals surface area contributed by atoms with Gasteiger partial charge in [0.25, 0.3) is 0 Å². The topological polar surface area (TPSA) is 64.5 Å². The number of carbonyl (C=O) groups is 1. The highest BCUT2D eigenvalue weighted by Gasteiger charge is 2.29. The number of amides is 1. The van der Waals surface area contributed by atoms with E-state index in [1.165, 1.54) is 11.3 Å². The van der Waals surface area contributed by atoms with Gasteiger partial charge in [-0.3, -0.25) is 0 Å². The molecule has 1 radical (unpaired) electrons. The first-order valence-corrected chi connectivity index (χ1v) is 8.15. The van der Waals surface area contributed by atoms with Crippen LogP contribution in [0.2, 0.25) is 0 Å². The molecule has 0 bridgehead atoms. The number of carbonyl (C=O) groups excluding carboxylic acids is 1. The van der Waals surface area contributed by atoms with Crippen LogP contribution in [-0.4, -0.2) is 46.8 Å². The standard InChI is InChI=1S/C15H18N3O3S/c1-10(2)8-20-15(19)18-6-5-11(7-18)21-13-4-3-12-14(17-13)22-9-16-12/h3-4,10-11H,5-8H2,1-2H3/t11-/m0/s1. The monoisotopic (exact) mass is 320 g/mol. The summed E-state index contributed by atoms with van der Waals surface area (Å²) < 4.78 is 11.1. The van der Waals surface area contributed by atoms with Gasteiger partial charge in [-0.25, -0.2) is 14.8 Å². The number of likely N-dealkylation sites (tertiary alicyclic amines) is 1. The van der Waals surface area contributed by atoms with E-state index in [2.05, 4.69) is 15.5 Å². The minimum absolute atomic E-state index is 0.0477. The van der Waals surface area contributed by atoms with Crippen LogP contribution in [0.4, 0.5) is 4.79 Å². The Morgan fingerprint density at radius 2 is 2.41 bits per heavy atom. The fraction of sp³-hybridized carbons (Fsp3) is 0.533. The van der Waals surface area contributed by atoms with Crippen molar-refractivity contribution in [2.24, 2.45) is 5.92 Å². The highest BCUT2D eigenvalue weighted by atomic mass is 32.1. The van der Waals surface area contributed by atoms with Crippen molar-refractivity contribution in [3.63, 3.8) is 0 Å². The minimum atomic E-state index is -0.264. The molecule has 3 rings (SSSR count). The number of pyridine rings is 1. The highest BCUT2D eigenvalue weighted by Crippen LogP contribution is 2.22. The number of fused-ring (bicyclic) bond motifs is 1. The zero-order valence-corrected chi connectivity index (χ0v) is 13.4. The third kappa shape index (κ3) is 3.47. The number of hydrogen-bond acceptors (Lipinski definition) is 6. The maximum absolute atomic E-state index is 11.9. The fourth-order valence-electron chi connectivity index (χ4n) is 2.25. The third-order valence-electron chi connectivity index (χ3n) is 3.35. The van der Waals surface area contributed by atoms with Crippen LogP contribution in [0.5, 0.6) is 5.88 Å². The van der Waals surface area contributed by atoms with E-state index in [9.17, 15) is 4.79 Å². The van der Waals surface area contributed by atoms with E-state index in [-0.39, 0.29) is 12.2 Å². The van der Waals surface area contributed by atoms with Crippen LogP contribution in [-0.2, 0) is 4.74 Å². The molecule has 0 unspecified atom stereocenters. The molecule has 0 aliphatic carbocycles. The van der Waals surface area contributed by atoms with Gasteiger partial charge >= 0.3 is 6.09 Å². The van der Waals surface area contributed by atoms with E-state index in [1.807, 2.05) is 19.9 Å². The van der Waals surface area contributed by atoms with Crippen molar-refractivity contribution in [1.29, 1.82) is 0 Å². The van der Waals surface area contributed by atoms with Gasteiger partial charge in [0.15, 0.2) is 5.51 Å². The summed E-state index contributed by atoms with van der Waals surface area (Å²) in [6.07, 6.45) is 0.472. The van der Waals surface area contributed by atoms with E-state index in [0.717, 1.165) is 16.8 Å². The Morgan fingerprint density at radius 3 is 3.23 bits per heavy atom. The molecule has 7 heteroatoms. The minimum Gasteiger partial charge on any atom is -0.472 e. The Kier molecular flexibility index (Phi) is 4.42. The molecule has 1 aliphatic rings. The lowest BCUT2D eigenvalue weighted by molar-refractivity contribution is 0.0946. The van der Waals surface area contributed by atoms with E-state index < -0.39 is 0 Å². The maximum Gasteiger partial charge on any atom is 0.409 e. The lowest BCUT2D eigenvalue weighted by atomic mass is 10.2. The molecule has 117 valence electrons. The number of rotatable bonds is 4. The average Bonchev–Trinajstić information content (AvgIpc) is 3.13. The van der Waals surface area contributed by atoms with Gasteiger partial charge in [-0.05, 0) is 12.0 Å². The molecule has 3 heterocycles. The molecule has 0 spiro atoms. The molecule has 0 N–H and O–H groups in total. The number of aromatic nitrogens is 2. The molecule has 2 aromatic rings. The van der Waals surface area contributed by atoms with Crippen molar-refractivity contribution in [3.8, 4) is 5.88 Å². The largest absolute Gasteiger partial charge is 0.472 e. The Labute approximate surface area is 133 Å². The highest BCUT2D eigenvalue weighted by molar-refractivity contribution is 7.15. The van der Waals surface area contributed by atoms with Crippen molar-refractivity contribution in [2.45, 2.75) is 26.4 Å². The van der Waals surface area contributed by atoms with Crippen LogP contribution in [0, 0.1) is 11.4 Å². The predicted molar refractivity (Wildman–Crippen MR) is 83.0 cm³/mol. The first-order chi connectivity index (χ1) is 10.6. The third-order valence-corrected chi connectivity index (χ3v) is 4.03. The molecule has 22 heavy (non-hydrogen) atoms. The van der Waals surface area contributed by atoms with Crippen LogP contribution < -0.4 is 4.74 Å². The maximum atomic E-state index is 11.9. The summed E-state index contributed by atoms with van der Waals surface area (Å²) in [7, 11) is 0. The number of hydrogen-bond donors (Lipinski definition) is 0. The zero-order valence-electron chi connectivity index (χ0n) is 12.6. The number of nitrogens with zero attached hydrogens (tertiary/aromatic N) is 3. The summed E-state index contributed by atoms with van der Waals surface area (Å²) in [6.45, 7) is 5.66. The van der Waals surface area contributed by atoms with Gasteiger partial charge in [0.05, 0.1) is 13.2 Å². The second-order valence-electron chi connectivity index (χ2n) is 5.72. The van der Waals surface area contributed by atoms with Crippen molar-refractivity contribution >= 4 is 27.8 Å². The second-order valence-corrected chi connectivity index (χ2v) is 6.50. The molecular weight excluding hydrogens is 302 g/mol. The second kappa shape index (κ2) is 6.48. The smallest absolute Gasteiger partial charge is 0.409 e. The first kappa shape index (κ1) is 15.0. The zero-order chi connectivity index (χ0) is 15.5. The van der Waals surface area contributed by atoms with Crippen LogP contribution in [0.3, 0.4) is 0 Å². The molecule has 1 atom stereocenters. The summed E-state index contributed by atoms with van der Waals surface area (Å²) in [5, 5.41) is 0. The molecule has 1 fully saturated rings. The van der Waals surface area contributed by atoms with Gasteiger partial charge in [0, 0.05) is 19.0 Å². The molecule has 2 aromatic heterocycles. The van der Waals surface area contributed by atoms with Crippen LogP contribution >= 0.6 is 11.3 Å².